The van der Waals surface area contributed by atoms with Gasteiger partial charge in [-0.05, 0) is 37.2 Å². The van der Waals surface area contributed by atoms with E-state index < -0.39 is 5.60 Å². The largest absolute Gasteiger partial charge is 0.453 e. The minimum atomic E-state index is -0.480. The second-order valence-electron chi connectivity index (χ2n) is 6.12. The Hall–Kier alpha value is -0.830. The topological polar surface area (TPSA) is 35.5 Å². The molecule has 0 aliphatic heterocycles. The molecule has 0 heterocycles. The standard InChI is InChI=1S/C14H24O3/c1-13(2,3)11-7-6-8-14(4,9-11)17-12(15)10-16-5/h6,8,11H,7,9-10H2,1-5H3/t11-,14-/m0/s1. The predicted molar refractivity (Wildman–Crippen MR) is 67.7 cm³/mol. The number of hydrogen-bond donors (Lipinski definition) is 0. The molecule has 17 heavy (non-hydrogen) atoms. The van der Waals surface area contributed by atoms with Gasteiger partial charge >= 0.3 is 5.97 Å². The van der Waals surface area contributed by atoms with Gasteiger partial charge in [-0.1, -0.05) is 26.8 Å². The van der Waals surface area contributed by atoms with E-state index in [0.717, 1.165) is 12.8 Å². The van der Waals surface area contributed by atoms with Crippen LogP contribution in [-0.2, 0) is 14.3 Å². The number of carbonyl (C=O) groups is 1. The van der Waals surface area contributed by atoms with Crippen molar-refractivity contribution < 1.29 is 14.3 Å². The lowest BCUT2D eigenvalue weighted by molar-refractivity contribution is -0.160. The molecule has 3 heteroatoms. The zero-order valence-corrected chi connectivity index (χ0v) is 11.6. The second-order valence-corrected chi connectivity index (χ2v) is 6.12. The first-order valence-corrected chi connectivity index (χ1v) is 6.15. The van der Waals surface area contributed by atoms with Gasteiger partial charge in [0, 0.05) is 7.11 Å². The Bertz CT molecular complexity index is 301. The number of methoxy groups -OCH3 is 1. The van der Waals surface area contributed by atoms with Gasteiger partial charge in [-0.25, -0.2) is 4.79 Å². The fourth-order valence-corrected chi connectivity index (χ4v) is 2.27. The molecule has 98 valence electrons. The first-order valence-electron chi connectivity index (χ1n) is 6.15. The van der Waals surface area contributed by atoms with Crippen molar-refractivity contribution >= 4 is 5.97 Å². The Morgan fingerprint density at radius 2 is 2.12 bits per heavy atom. The highest BCUT2D eigenvalue weighted by molar-refractivity contribution is 5.71. The SMILES string of the molecule is COCC(=O)O[C@@]1(C)C=CC[C@H](C(C)(C)C)C1. The van der Waals surface area contributed by atoms with E-state index >= 15 is 0 Å². The predicted octanol–water partition coefficient (Wildman–Crippen LogP) is 2.95. The summed E-state index contributed by atoms with van der Waals surface area (Å²) in [5.74, 6) is 0.238. The second kappa shape index (κ2) is 5.21. The summed E-state index contributed by atoms with van der Waals surface area (Å²) in [7, 11) is 1.50. The summed E-state index contributed by atoms with van der Waals surface area (Å²) in [5.41, 5.74) is -0.245. The van der Waals surface area contributed by atoms with E-state index in [4.69, 9.17) is 9.47 Å². The van der Waals surface area contributed by atoms with Crippen LogP contribution in [0.2, 0.25) is 0 Å². The van der Waals surface area contributed by atoms with Crippen LogP contribution in [0.15, 0.2) is 12.2 Å². The van der Waals surface area contributed by atoms with Crippen molar-refractivity contribution in [1.82, 2.24) is 0 Å². The van der Waals surface area contributed by atoms with Gasteiger partial charge in [-0.2, -0.15) is 0 Å². The molecule has 0 bridgehead atoms. The van der Waals surface area contributed by atoms with Crippen LogP contribution in [-0.4, -0.2) is 25.3 Å². The van der Waals surface area contributed by atoms with Crippen LogP contribution in [0.5, 0.6) is 0 Å². The van der Waals surface area contributed by atoms with Gasteiger partial charge in [-0.15, -0.1) is 0 Å². The van der Waals surface area contributed by atoms with Crippen molar-refractivity contribution in [3.8, 4) is 0 Å². The van der Waals surface area contributed by atoms with Gasteiger partial charge in [0.05, 0.1) is 0 Å². The minimum absolute atomic E-state index is 0.0175. The fraction of sp³-hybridized carbons (Fsp3) is 0.786. The van der Waals surface area contributed by atoms with Crippen molar-refractivity contribution in [2.75, 3.05) is 13.7 Å². The molecule has 0 aromatic heterocycles. The summed E-state index contributed by atoms with van der Waals surface area (Å²) in [6.45, 7) is 8.68. The average molecular weight is 240 g/mol. The summed E-state index contributed by atoms with van der Waals surface area (Å²) < 4.78 is 10.3. The minimum Gasteiger partial charge on any atom is -0.453 e. The molecule has 0 aromatic carbocycles. The molecule has 0 saturated carbocycles. The number of ether oxygens (including phenoxy) is 2. The number of esters is 1. The highest BCUT2D eigenvalue weighted by Crippen LogP contribution is 2.40. The third-order valence-corrected chi connectivity index (χ3v) is 3.38. The third-order valence-electron chi connectivity index (χ3n) is 3.38. The number of carbonyl (C=O) groups excluding carboxylic acids is 1. The Labute approximate surface area is 104 Å². The van der Waals surface area contributed by atoms with Crippen LogP contribution in [0, 0.1) is 11.3 Å². The van der Waals surface area contributed by atoms with Gasteiger partial charge < -0.3 is 9.47 Å². The van der Waals surface area contributed by atoms with Crippen LogP contribution in [0.4, 0.5) is 0 Å². The van der Waals surface area contributed by atoms with Gasteiger partial charge in [0.15, 0.2) is 0 Å². The maximum absolute atomic E-state index is 11.5. The highest BCUT2D eigenvalue weighted by atomic mass is 16.6. The summed E-state index contributed by atoms with van der Waals surface area (Å²) in [5, 5.41) is 0. The Morgan fingerprint density at radius 1 is 1.47 bits per heavy atom. The maximum Gasteiger partial charge on any atom is 0.332 e. The smallest absolute Gasteiger partial charge is 0.332 e. The zero-order chi connectivity index (χ0) is 13.1. The molecule has 0 unspecified atom stereocenters. The normalized spacial score (nSPS) is 29.1. The molecular weight excluding hydrogens is 216 g/mol. The Kier molecular flexibility index (Phi) is 4.36. The summed E-state index contributed by atoms with van der Waals surface area (Å²) in [6, 6.07) is 0. The van der Waals surface area contributed by atoms with Crippen molar-refractivity contribution in [3.05, 3.63) is 12.2 Å². The lowest BCUT2D eigenvalue weighted by Crippen LogP contribution is -2.38. The lowest BCUT2D eigenvalue weighted by atomic mass is 9.70. The van der Waals surface area contributed by atoms with E-state index in [1.54, 1.807) is 0 Å². The van der Waals surface area contributed by atoms with Crippen molar-refractivity contribution in [2.45, 2.75) is 46.1 Å². The van der Waals surface area contributed by atoms with Crippen LogP contribution < -0.4 is 0 Å². The molecule has 2 atom stereocenters. The molecule has 1 aliphatic carbocycles. The summed E-state index contributed by atoms with van der Waals surface area (Å²) in [4.78, 5) is 11.5. The molecule has 0 spiro atoms. The fourth-order valence-electron chi connectivity index (χ4n) is 2.27. The van der Waals surface area contributed by atoms with E-state index in [1.165, 1.54) is 7.11 Å². The third kappa shape index (κ3) is 4.15. The monoisotopic (exact) mass is 240 g/mol. The van der Waals surface area contributed by atoms with Gasteiger partial charge in [0.1, 0.15) is 12.2 Å². The number of hydrogen-bond acceptors (Lipinski definition) is 3. The van der Waals surface area contributed by atoms with Gasteiger partial charge in [-0.3, -0.25) is 0 Å². The first-order chi connectivity index (χ1) is 7.77. The van der Waals surface area contributed by atoms with E-state index in [-0.39, 0.29) is 18.0 Å². The Balaban J connectivity index is 2.67. The molecule has 0 saturated heterocycles. The molecule has 1 aliphatic rings. The van der Waals surface area contributed by atoms with Crippen molar-refractivity contribution in [2.24, 2.45) is 11.3 Å². The Morgan fingerprint density at radius 3 is 2.65 bits per heavy atom. The van der Waals surface area contributed by atoms with E-state index in [9.17, 15) is 4.79 Å². The molecule has 1 rings (SSSR count). The van der Waals surface area contributed by atoms with Crippen molar-refractivity contribution in [1.29, 1.82) is 0 Å². The van der Waals surface area contributed by atoms with Crippen LogP contribution in [0.1, 0.15) is 40.5 Å². The number of allylic oxidation sites excluding steroid dienone is 1. The number of rotatable bonds is 3. The molecule has 0 amide bonds. The molecule has 0 fully saturated rings. The molecular formula is C14H24O3. The zero-order valence-electron chi connectivity index (χ0n) is 11.6. The van der Waals surface area contributed by atoms with Crippen molar-refractivity contribution in [3.63, 3.8) is 0 Å². The van der Waals surface area contributed by atoms with Crippen LogP contribution in [0.3, 0.4) is 0 Å². The van der Waals surface area contributed by atoms with Gasteiger partial charge in [0.25, 0.3) is 0 Å². The quantitative estimate of drug-likeness (QED) is 0.562. The van der Waals surface area contributed by atoms with Crippen LogP contribution >= 0.6 is 0 Å². The van der Waals surface area contributed by atoms with Crippen LogP contribution in [0.25, 0.3) is 0 Å². The highest BCUT2D eigenvalue weighted by Gasteiger charge is 2.36. The van der Waals surface area contributed by atoms with E-state index in [1.807, 2.05) is 13.0 Å². The molecule has 0 aromatic rings. The molecule has 3 nitrogen and oxygen atoms in total. The molecule has 0 radical (unpaired) electrons. The maximum atomic E-state index is 11.5. The molecule has 0 N–H and O–H groups in total. The average Bonchev–Trinajstić information content (AvgIpc) is 2.15. The van der Waals surface area contributed by atoms with E-state index in [2.05, 4.69) is 26.8 Å². The first kappa shape index (κ1) is 14.2. The summed E-state index contributed by atoms with van der Waals surface area (Å²) in [6.07, 6.45) is 6.06. The van der Waals surface area contributed by atoms with Gasteiger partial charge in [0.2, 0.25) is 0 Å². The van der Waals surface area contributed by atoms with E-state index in [0.29, 0.717) is 5.92 Å². The lowest BCUT2D eigenvalue weighted by Gasteiger charge is -2.39. The summed E-state index contributed by atoms with van der Waals surface area (Å²) >= 11 is 0.